The van der Waals surface area contributed by atoms with Crippen LogP contribution in [0.3, 0.4) is 0 Å². The van der Waals surface area contributed by atoms with Gasteiger partial charge in [-0.15, -0.1) is 0 Å². The van der Waals surface area contributed by atoms with Gasteiger partial charge in [0.15, 0.2) is 0 Å². The molecule has 4 heteroatoms. The zero-order valence-electron chi connectivity index (χ0n) is 12.7. The predicted molar refractivity (Wildman–Crippen MR) is 81.0 cm³/mol. The monoisotopic (exact) mass is 287 g/mol. The Kier molecular flexibility index (Phi) is 5.14. The van der Waals surface area contributed by atoms with Crippen LogP contribution in [0.2, 0.25) is 0 Å². The smallest absolute Gasteiger partial charge is 0.357 e. The van der Waals surface area contributed by atoms with Crippen LogP contribution < -0.4 is 0 Å². The van der Waals surface area contributed by atoms with Gasteiger partial charge in [0.25, 0.3) is 0 Å². The van der Waals surface area contributed by atoms with Crippen molar-refractivity contribution in [2.75, 3.05) is 6.61 Å². The standard InChI is InChI=1S/C17H21NO3/c1-4-20-14-10-8-13(9-11-14)15-6-5-7-16(18-15)17(19)21-12(2)3/h5-8,10-13H,4,9H2,1-3H3. The van der Waals surface area contributed by atoms with Gasteiger partial charge in [-0.3, -0.25) is 0 Å². The number of hydrogen-bond donors (Lipinski definition) is 0. The molecule has 1 unspecified atom stereocenters. The summed E-state index contributed by atoms with van der Waals surface area (Å²) in [5.41, 5.74) is 1.23. The summed E-state index contributed by atoms with van der Waals surface area (Å²) in [6.45, 7) is 6.28. The van der Waals surface area contributed by atoms with Gasteiger partial charge in [-0.2, -0.15) is 0 Å². The van der Waals surface area contributed by atoms with Crippen LogP contribution in [0.5, 0.6) is 0 Å². The van der Waals surface area contributed by atoms with E-state index in [0.29, 0.717) is 12.3 Å². The summed E-state index contributed by atoms with van der Waals surface area (Å²) in [5, 5.41) is 0. The summed E-state index contributed by atoms with van der Waals surface area (Å²) in [4.78, 5) is 16.3. The highest BCUT2D eigenvalue weighted by atomic mass is 16.5. The second-order valence-corrected chi connectivity index (χ2v) is 5.14. The first kappa shape index (κ1) is 15.3. The van der Waals surface area contributed by atoms with Gasteiger partial charge < -0.3 is 9.47 Å². The summed E-state index contributed by atoms with van der Waals surface area (Å²) >= 11 is 0. The van der Waals surface area contributed by atoms with Crippen LogP contribution in [-0.4, -0.2) is 23.7 Å². The summed E-state index contributed by atoms with van der Waals surface area (Å²) in [5.74, 6) is 0.683. The van der Waals surface area contributed by atoms with Crippen molar-refractivity contribution in [3.8, 4) is 0 Å². The molecule has 4 nitrogen and oxygen atoms in total. The second kappa shape index (κ2) is 7.07. The molecule has 0 aliphatic heterocycles. The van der Waals surface area contributed by atoms with Crippen molar-refractivity contribution in [2.24, 2.45) is 0 Å². The van der Waals surface area contributed by atoms with E-state index in [2.05, 4.69) is 17.1 Å². The van der Waals surface area contributed by atoms with Crippen LogP contribution in [0.1, 0.15) is 49.3 Å². The molecule has 0 bridgehead atoms. The highest BCUT2D eigenvalue weighted by Gasteiger charge is 2.16. The zero-order valence-corrected chi connectivity index (χ0v) is 12.7. The van der Waals surface area contributed by atoms with Gasteiger partial charge in [0.1, 0.15) is 11.5 Å². The molecular weight excluding hydrogens is 266 g/mol. The van der Waals surface area contributed by atoms with E-state index in [4.69, 9.17) is 9.47 Å². The Morgan fingerprint density at radius 3 is 2.86 bits per heavy atom. The number of carbonyl (C=O) groups is 1. The summed E-state index contributed by atoms with van der Waals surface area (Å²) in [7, 11) is 0. The number of esters is 1. The highest BCUT2D eigenvalue weighted by Crippen LogP contribution is 2.26. The number of carbonyl (C=O) groups excluding carboxylic acids is 1. The van der Waals surface area contributed by atoms with E-state index >= 15 is 0 Å². The first-order chi connectivity index (χ1) is 10.1. The summed E-state index contributed by atoms with van der Waals surface area (Å²) < 4.78 is 10.6. The number of allylic oxidation sites excluding steroid dienone is 3. The fourth-order valence-corrected chi connectivity index (χ4v) is 2.14. The van der Waals surface area contributed by atoms with Crippen LogP contribution in [0.15, 0.2) is 42.2 Å². The number of rotatable bonds is 5. The maximum Gasteiger partial charge on any atom is 0.357 e. The molecule has 1 aromatic heterocycles. The van der Waals surface area contributed by atoms with Gasteiger partial charge in [0.2, 0.25) is 0 Å². The van der Waals surface area contributed by atoms with Crippen LogP contribution in [0, 0.1) is 0 Å². The minimum Gasteiger partial charge on any atom is -0.494 e. The van der Waals surface area contributed by atoms with E-state index in [1.54, 1.807) is 6.07 Å². The number of pyridine rings is 1. The van der Waals surface area contributed by atoms with Crippen molar-refractivity contribution in [3.63, 3.8) is 0 Å². The van der Waals surface area contributed by atoms with Gasteiger partial charge in [0.05, 0.1) is 12.7 Å². The fraction of sp³-hybridized carbons (Fsp3) is 0.412. The Morgan fingerprint density at radius 1 is 1.43 bits per heavy atom. The quantitative estimate of drug-likeness (QED) is 0.776. The molecule has 0 spiro atoms. The Morgan fingerprint density at radius 2 is 2.24 bits per heavy atom. The van der Waals surface area contributed by atoms with Gasteiger partial charge in [0, 0.05) is 11.6 Å². The highest BCUT2D eigenvalue weighted by molar-refractivity contribution is 5.87. The summed E-state index contributed by atoms with van der Waals surface area (Å²) in [6, 6.07) is 5.46. The van der Waals surface area contributed by atoms with Crippen LogP contribution in [0.4, 0.5) is 0 Å². The Hall–Kier alpha value is -2.10. The van der Waals surface area contributed by atoms with E-state index in [9.17, 15) is 4.79 Å². The first-order valence-electron chi connectivity index (χ1n) is 7.29. The number of aromatic nitrogens is 1. The molecular formula is C17H21NO3. The second-order valence-electron chi connectivity index (χ2n) is 5.14. The number of nitrogens with zero attached hydrogens (tertiary/aromatic N) is 1. The normalized spacial score (nSPS) is 17.5. The Balaban J connectivity index is 2.09. The molecule has 1 aliphatic rings. The lowest BCUT2D eigenvalue weighted by atomic mass is 9.96. The van der Waals surface area contributed by atoms with E-state index in [0.717, 1.165) is 17.9 Å². The van der Waals surface area contributed by atoms with Crippen LogP contribution in [-0.2, 0) is 9.47 Å². The van der Waals surface area contributed by atoms with E-state index in [-0.39, 0.29) is 18.0 Å². The maximum absolute atomic E-state index is 11.9. The van der Waals surface area contributed by atoms with Gasteiger partial charge in [-0.05, 0) is 51.5 Å². The lowest BCUT2D eigenvalue weighted by molar-refractivity contribution is 0.0370. The lowest BCUT2D eigenvalue weighted by Gasteiger charge is -2.16. The molecule has 2 rings (SSSR count). The third kappa shape index (κ3) is 4.18. The molecule has 1 aliphatic carbocycles. The van der Waals surface area contributed by atoms with Crippen molar-refractivity contribution in [1.82, 2.24) is 4.98 Å². The van der Waals surface area contributed by atoms with Crippen molar-refractivity contribution >= 4 is 5.97 Å². The average molecular weight is 287 g/mol. The molecule has 0 radical (unpaired) electrons. The Bertz CT molecular complexity index is 561. The number of ether oxygens (including phenoxy) is 2. The van der Waals surface area contributed by atoms with Crippen LogP contribution in [0.25, 0.3) is 0 Å². The molecule has 0 saturated heterocycles. The predicted octanol–water partition coefficient (Wildman–Crippen LogP) is 3.61. The van der Waals surface area contributed by atoms with E-state index in [1.165, 1.54) is 0 Å². The minimum atomic E-state index is -0.378. The minimum absolute atomic E-state index is 0.144. The Labute approximate surface area is 125 Å². The molecule has 0 aromatic carbocycles. The molecule has 21 heavy (non-hydrogen) atoms. The molecule has 1 heterocycles. The van der Waals surface area contributed by atoms with E-state index in [1.807, 2.05) is 39.0 Å². The van der Waals surface area contributed by atoms with Gasteiger partial charge >= 0.3 is 5.97 Å². The number of hydrogen-bond acceptors (Lipinski definition) is 4. The van der Waals surface area contributed by atoms with Crippen molar-refractivity contribution < 1.29 is 14.3 Å². The molecule has 0 amide bonds. The van der Waals surface area contributed by atoms with E-state index < -0.39 is 0 Å². The average Bonchev–Trinajstić information content (AvgIpc) is 2.48. The van der Waals surface area contributed by atoms with Crippen LogP contribution >= 0.6 is 0 Å². The molecule has 0 N–H and O–H groups in total. The molecule has 1 aromatic rings. The maximum atomic E-state index is 11.9. The van der Waals surface area contributed by atoms with Crippen molar-refractivity contribution in [1.29, 1.82) is 0 Å². The SMILES string of the molecule is CCOC1=CCC(c2cccc(C(=O)OC(C)C)n2)C=C1. The molecule has 1 atom stereocenters. The third-order valence-corrected chi connectivity index (χ3v) is 3.08. The largest absolute Gasteiger partial charge is 0.494 e. The van der Waals surface area contributed by atoms with Gasteiger partial charge in [-0.1, -0.05) is 12.1 Å². The topological polar surface area (TPSA) is 48.4 Å². The molecule has 0 fully saturated rings. The molecule has 112 valence electrons. The van der Waals surface area contributed by atoms with Gasteiger partial charge in [-0.25, -0.2) is 9.78 Å². The lowest BCUT2D eigenvalue weighted by Crippen LogP contribution is -2.14. The molecule has 0 saturated carbocycles. The van der Waals surface area contributed by atoms with Crippen molar-refractivity contribution in [3.05, 3.63) is 53.6 Å². The summed E-state index contributed by atoms with van der Waals surface area (Å²) in [6.07, 6.45) is 6.74. The fourth-order valence-electron chi connectivity index (χ4n) is 2.14. The third-order valence-electron chi connectivity index (χ3n) is 3.08. The zero-order chi connectivity index (χ0) is 15.2. The van der Waals surface area contributed by atoms with Crippen molar-refractivity contribution in [2.45, 2.75) is 39.2 Å². The first-order valence-corrected chi connectivity index (χ1v) is 7.29.